The van der Waals surface area contributed by atoms with Gasteiger partial charge in [-0.05, 0) is 23.6 Å². The van der Waals surface area contributed by atoms with E-state index in [1.54, 1.807) is 0 Å². The zero-order valence-corrected chi connectivity index (χ0v) is 13.0. The molecule has 3 nitrogen and oxygen atoms in total. The SMILES string of the molecule is Cn1nccc1CCNCc1ccc(C(C)(C)C)s1. The van der Waals surface area contributed by atoms with Crippen molar-refractivity contribution in [3.63, 3.8) is 0 Å². The summed E-state index contributed by atoms with van der Waals surface area (Å²) < 4.78 is 1.94. The Hall–Kier alpha value is -1.13. The maximum atomic E-state index is 4.17. The molecule has 0 fully saturated rings. The summed E-state index contributed by atoms with van der Waals surface area (Å²) in [5.41, 5.74) is 1.53. The van der Waals surface area contributed by atoms with Gasteiger partial charge in [0.2, 0.25) is 0 Å². The summed E-state index contributed by atoms with van der Waals surface area (Å²) >= 11 is 1.91. The minimum atomic E-state index is 0.262. The highest BCUT2D eigenvalue weighted by Crippen LogP contribution is 2.29. The first-order chi connectivity index (χ1) is 8.97. The molecule has 0 unspecified atom stereocenters. The van der Waals surface area contributed by atoms with Crippen molar-refractivity contribution in [2.45, 2.75) is 39.2 Å². The van der Waals surface area contributed by atoms with E-state index < -0.39 is 0 Å². The van der Waals surface area contributed by atoms with Crippen LogP contribution in [0.25, 0.3) is 0 Å². The first-order valence-corrected chi connectivity index (χ1v) is 7.55. The lowest BCUT2D eigenvalue weighted by Crippen LogP contribution is -2.17. The Labute approximate surface area is 119 Å². The average molecular weight is 277 g/mol. The Morgan fingerprint density at radius 3 is 2.63 bits per heavy atom. The van der Waals surface area contributed by atoms with Crippen molar-refractivity contribution in [1.29, 1.82) is 0 Å². The largest absolute Gasteiger partial charge is 0.311 e. The van der Waals surface area contributed by atoms with Crippen LogP contribution in [0.3, 0.4) is 0 Å². The van der Waals surface area contributed by atoms with E-state index in [1.807, 2.05) is 29.3 Å². The van der Waals surface area contributed by atoms with Crippen molar-refractivity contribution < 1.29 is 0 Å². The van der Waals surface area contributed by atoms with E-state index >= 15 is 0 Å². The van der Waals surface area contributed by atoms with Crippen molar-refractivity contribution in [3.05, 3.63) is 39.8 Å². The molecule has 0 spiro atoms. The van der Waals surface area contributed by atoms with Gasteiger partial charge in [0, 0.05) is 48.2 Å². The number of hydrogen-bond donors (Lipinski definition) is 1. The van der Waals surface area contributed by atoms with E-state index in [2.05, 4.69) is 49.4 Å². The second-order valence-corrected chi connectivity index (χ2v) is 7.06. The summed E-state index contributed by atoms with van der Waals surface area (Å²) in [6.45, 7) is 8.73. The minimum absolute atomic E-state index is 0.262. The van der Waals surface area contributed by atoms with Gasteiger partial charge in [0.05, 0.1) is 0 Å². The molecule has 2 rings (SSSR count). The quantitative estimate of drug-likeness (QED) is 0.851. The Bertz CT molecular complexity index is 519. The van der Waals surface area contributed by atoms with Gasteiger partial charge in [0.1, 0.15) is 0 Å². The van der Waals surface area contributed by atoms with Crippen molar-refractivity contribution in [1.82, 2.24) is 15.1 Å². The fourth-order valence-corrected chi connectivity index (χ4v) is 2.99. The minimum Gasteiger partial charge on any atom is -0.311 e. The van der Waals surface area contributed by atoms with Gasteiger partial charge < -0.3 is 5.32 Å². The van der Waals surface area contributed by atoms with Gasteiger partial charge in [-0.15, -0.1) is 11.3 Å². The predicted octanol–water partition coefficient (Wildman–Crippen LogP) is 3.11. The molecule has 0 aliphatic heterocycles. The summed E-state index contributed by atoms with van der Waals surface area (Å²) in [6.07, 6.45) is 2.87. The summed E-state index contributed by atoms with van der Waals surface area (Å²) in [5.74, 6) is 0. The smallest absolute Gasteiger partial charge is 0.0492 e. The van der Waals surface area contributed by atoms with Crippen LogP contribution in [0.1, 0.15) is 36.2 Å². The van der Waals surface area contributed by atoms with Gasteiger partial charge in [0.25, 0.3) is 0 Å². The van der Waals surface area contributed by atoms with E-state index in [0.717, 1.165) is 19.5 Å². The molecular weight excluding hydrogens is 254 g/mol. The number of nitrogens with one attached hydrogen (secondary N) is 1. The zero-order valence-electron chi connectivity index (χ0n) is 12.2. The van der Waals surface area contributed by atoms with Crippen molar-refractivity contribution in [3.8, 4) is 0 Å². The fourth-order valence-electron chi connectivity index (χ4n) is 1.95. The van der Waals surface area contributed by atoms with Crippen LogP contribution in [0.4, 0.5) is 0 Å². The molecule has 0 aliphatic rings. The number of aryl methyl sites for hydroxylation is 1. The Morgan fingerprint density at radius 2 is 2.05 bits per heavy atom. The summed E-state index contributed by atoms with van der Waals surface area (Å²) in [5, 5.41) is 7.68. The van der Waals surface area contributed by atoms with Crippen LogP contribution >= 0.6 is 11.3 Å². The van der Waals surface area contributed by atoms with Crippen LogP contribution in [-0.2, 0) is 25.4 Å². The van der Waals surface area contributed by atoms with Gasteiger partial charge in [-0.25, -0.2) is 0 Å². The highest BCUT2D eigenvalue weighted by Gasteiger charge is 2.15. The molecule has 0 saturated carbocycles. The molecule has 4 heteroatoms. The van der Waals surface area contributed by atoms with Gasteiger partial charge in [-0.2, -0.15) is 5.10 Å². The van der Waals surface area contributed by atoms with E-state index in [-0.39, 0.29) is 5.41 Å². The number of rotatable bonds is 5. The maximum Gasteiger partial charge on any atom is 0.0492 e. The summed E-state index contributed by atoms with van der Waals surface area (Å²) in [7, 11) is 1.99. The lowest BCUT2D eigenvalue weighted by Gasteiger charge is -2.15. The standard InChI is InChI=1S/C15H23N3S/c1-15(2,3)14-6-5-13(19-14)11-16-9-7-12-8-10-17-18(12)4/h5-6,8,10,16H,7,9,11H2,1-4H3. The molecule has 1 N–H and O–H groups in total. The Balaban J connectivity index is 1.77. The predicted molar refractivity (Wildman–Crippen MR) is 81.6 cm³/mol. The molecule has 0 saturated heterocycles. The summed E-state index contributed by atoms with van der Waals surface area (Å²) in [6, 6.07) is 6.57. The molecule has 0 aromatic carbocycles. The van der Waals surface area contributed by atoms with Gasteiger partial charge in [-0.3, -0.25) is 4.68 Å². The molecule has 2 heterocycles. The first kappa shape index (κ1) is 14.3. The van der Waals surface area contributed by atoms with E-state index in [0.29, 0.717) is 0 Å². The molecule has 104 valence electrons. The van der Waals surface area contributed by atoms with Crippen LogP contribution < -0.4 is 5.32 Å². The first-order valence-electron chi connectivity index (χ1n) is 6.73. The van der Waals surface area contributed by atoms with E-state index in [9.17, 15) is 0 Å². The van der Waals surface area contributed by atoms with E-state index in [4.69, 9.17) is 0 Å². The van der Waals surface area contributed by atoms with E-state index in [1.165, 1.54) is 15.4 Å². The summed E-state index contributed by atoms with van der Waals surface area (Å²) in [4.78, 5) is 2.87. The lowest BCUT2D eigenvalue weighted by molar-refractivity contribution is 0.604. The monoisotopic (exact) mass is 277 g/mol. The van der Waals surface area contributed by atoms with Crippen LogP contribution in [0.5, 0.6) is 0 Å². The number of hydrogen-bond acceptors (Lipinski definition) is 3. The molecule has 0 bridgehead atoms. The maximum absolute atomic E-state index is 4.17. The molecule has 2 aromatic rings. The number of aromatic nitrogens is 2. The molecule has 0 radical (unpaired) electrons. The molecule has 0 atom stereocenters. The van der Waals surface area contributed by atoms with Gasteiger partial charge in [-0.1, -0.05) is 20.8 Å². The highest BCUT2D eigenvalue weighted by molar-refractivity contribution is 7.12. The molecular formula is C15H23N3S. The Kier molecular flexibility index (Phi) is 4.42. The number of nitrogens with zero attached hydrogens (tertiary/aromatic N) is 2. The normalized spacial score (nSPS) is 12.0. The zero-order chi connectivity index (χ0) is 13.9. The topological polar surface area (TPSA) is 29.9 Å². The average Bonchev–Trinajstić information content (AvgIpc) is 2.93. The molecule has 2 aromatic heterocycles. The third-order valence-electron chi connectivity index (χ3n) is 3.18. The van der Waals surface area contributed by atoms with Crippen LogP contribution in [0, 0.1) is 0 Å². The molecule has 0 aliphatic carbocycles. The van der Waals surface area contributed by atoms with Crippen LogP contribution in [0.2, 0.25) is 0 Å². The van der Waals surface area contributed by atoms with Crippen LogP contribution in [-0.4, -0.2) is 16.3 Å². The number of thiophene rings is 1. The molecule has 19 heavy (non-hydrogen) atoms. The second-order valence-electron chi connectivity index (χ2n) is 5.89. The van der Waals surface area contributed by atoms with Gasteiger partial charge >= 0.3 is 0 Å². The van der Waals surface area contributed by atoms with Gasteiger partial charge in [0.15, 0.2) is 0 Å². The fraction of sp³-hybridized carbons (Fsp3) is 0.533. The van der Waals surface area contributed by atoms with Crippen LogP contribution in [0.15, 0.2) is 24.4 Å². The third kappa shape index (κ3) is 3.91. The van der Waals surface area contributed by atoms with Crippen molar-refractivity contribution in [2.75, 3.05) is 6.54 Å². The Morgan fingerprint density at radius 1 is 1.26 bits per heavy atom. The van der Waals surface area contributed by atoms with Crippen molar-refractivity contribution >= 4 is 11.3 Å². The lowest BCUT2D eigenvalue weighted by atomic mass is 9.95. The second kappa shape index (κ2) is 5.88. The highest BCUT2D eigenvalue weighted by atomic mass is 32.1. The van der Waals surface area contributed by atoms with Crippen molar-refractivity contribution in [2.24, 2.45) is 7.05 Å². The molecule has 0 amide bonds. The third-order valence-corrected chi connectivity index (χ3v) is 4.69.